The van der Waals surface area contributed by atoms with Gasteiger partial charge in [0.05, 0.1) is 7.11 Å². The van der Waals surface area contributed by atoms with Crippen molar-refractivity contribution in [2.24, 2.45) is 0 Å². The number of ether oxygens (including phenoxy) is 1. The van der Waals surface area contributed by atoms with Crippen molar-refractivity contribution in [2.45, 2.75) is 32.9 Å². The summed E-state index contributed by atoms with van der Waals surface area (Å²) in [6.45, 7) is 6.15. The second kappa shape index (κ2) is 5.12. The van der Waals surface area contributed by atoms with Gasteiger partial charge < -0.3 is 10.1 Å². The standard InChI is InChI=1S/C12H18FNO/c1-8(2)14-9(3)10-5-6-12(15-4)11(13)7-10/h5-9,14H,1-4H3. The Bertz CT molecular complexity index is 325. The Balaban J connectivity index is 2.82. The molecule has 1 rings (SSSR count). The lowest BCUT2D eigenvalue weighted by Gasteiger charge is -2.17. The molecule has 0 saturated heterocycles. The average molecular weight is 211 g/mol. The second-order valence-electron chi connectivity index (χ2n) is 3.94. The van der Waals surface area contributed by atoms with Crippen LogP contribution >= 0.6 is 0 Å². The van der Waals surface area contributed by atoms with E-state index in [2.05, 4.69) is 19.2 Å². The van der Waals surface area contributed by atoms with Crippen molar-refractivity contribution in [1.82, 2.24) is 5.32 Å². The molecule has 2 nitrogen and oxygen atoms in total. The van der Waals surface area contributed by atoms with Gasteiger partial charge in [-0.2, -0.15) is 0 Å². The summed E-state index contributed by atoms with van der Waals surface area (Å²) in [7, 11) is 1.47. The molecule has 0 spiro atoms. The molecule has 0 aliphatic rings. The third-order valence-corrected chi connectivity index (χ3v) is 2.26. The van der Waals surface area contributed by atoms with E-state index in [1.54, 1.807) is 6.07 Å². The van der Waals surface area contributed by atoms with E-state index in [0.29, 0.717) is 6.04 Å². The van der Waals surface area contributed by atoms with Crippen LogP contribution in [0.1, 0.15) is 32.4 Å². The molecule has 0 aliphatic heterocycles. The SMILES string of the molecule is COc1ccc(C(C)NC(C)C)cc1F. The number of methoxy groups -OCH3 is 1. The first kappa shape index (κ1) is 12.0. The molecule has 3 heteroatoms. The Morgan fingerprint density at radius 3 is 2.40 bits per heavy atom. The minimum absolute atomic E-state index is 0.144. The molecule has 0 fully saturated rings. The Hall–Kier alpha value is -1.09. The molecule has 1 N–H and O–H groups in total. The van der Waals surface area contributed by atoms with Gasteiger partial charge in [-0.15, -0.1) is 0 Å². The summed E-state index contributed by atoms with van der Waals surface area (Å²) < 4.78 is 18.3. The second-order valence-corrected chi connectivity index (χ2v) is 3.94. The van der Waals surface area contributed by atoms with Crippen molar-refractivity contribution in [2.75, 3.05) is 7.11 Å². The van der Waals surface area contributed by atoms with Crippen LogP contribution in [0.4, 0.5) is 4.39 Å². The fraction of sp³-hybridized carbons (Fsp3) is 0.500. The fourth-order valence-corrected chi connectivity index (χ4v) is 1.55. The van der Waals surface area contributed by atoms with E-state index in [4.69, 9.17) is 4.74 Å². The van der Waals surface area contributed by atoms with Gasteiger partial charge in [-0.1, -0.05) is 19.9 Å². The monoisotopic (exact) mass is 211 g/mol. The third kappa shape index (κ3) is 3.20. The summed E-state index contributed by atoms with van der Waals surface area (Å²) in [6.07, 6.45) is 0. The van der Waals surface area contributed by atoms with Gasteiger partial charge in [0, 0.05) is 12.1 Å². The highest BCUT2D eigenvalue weighted by atomic mass is 19.1. The van der Waals surface area contributed by atoms with Gasteiger partial charge in [0.25, 0.3) is 0 Å². The van der Waals surface area contributed by atoms with E-state index in [1.807, 2.05) is 13.0 Å². The first-order valence-corrected chi connectivity index (χ1v) is 5.14. The molecule has 0 saturated carbocycles. The Kier molecular flexibility index (Phi) is 4.09. The van der Waals surface area contributed by atoms with Gasteiger partial charge in [-0.25, -0.2) is 4.39 Å². The molecular formula is C12H18FNO. The summed E-state index contributed by atoms with van der Waals surface area (Å²) >= 11 is 0. The van der Waals surface area contributed by atoms with Crippen LogP contribution in [0, 0.1) is 5.82 Å². The van der Waals surface area contributed by atoms with E-state index in [1.165, 1.54) is 13.2 Å². The topological polar surface area (TPSA) is 21.3 Å². The van der Waals surface area contributed by atoms with Gasteiger partial charge >= 0.3 is 0 Å². The van der Waals surface area contributed by atoms with Crippen LogP contribution in [0.2, 0.25) is 0 Å². The number of nitrogens with one attached hydrogen (secondary N) is 1. The largest absolute Gasteiger partial charge is 0.494 e. The zero-order valence-corrected chi connectivity index (χ0v) is 9.67. The zero-order valence-electron chi connectivity index (χ0n) is 9.67. The predicted octanol–water partition coefficient (Wildman–Crippen LogP) is 2.89. The van der Waals surface area contributed by atoms with E-state index >= 15 is 0 Å². The van der Waals surface area contributed by atoms with E-state index in [0.717, 1.165) is 5.56 Å². The van der Waals surface area contributed by atoms with Crippen LogP contribution in [0.25, 0.3) is 0 Å². The van der Waals surface area contributed by atoms with Crippen molar-refractivity contribution >= 4 is 0 Å². The predicted molar refractivity (Wildman–Crippen MR) is 59.6 cm³/mol. The van der Waals surface area contributed by atoms with Crippen LogP contribution in [0.15, 0.2) is 18.2 Å². The van der Waals surface area contributed by atoms with Crippen LogP contribution < -0.4 is 10.1 Å². The molecule has 15 heavy (non-hydrogen) atoms. The Morgan fingerprint density at radius 2 is 1.93 bits per heavy atom. The number of halogens is 1. The van der Waals surface area contributed by atoms with Gasteiger partial charge in [-0.05, 0) is 24.6 Å². The maximum absolute atomic E-state index is 13.4. The molecule has 0 bridgehead atoms. The van der Waals surface area contributed by atoms with Crippen LogP contribution in [-0.2, 0) is 0 Å². The minimum Gasteiger partial charge on any atom is -0.494 e. The fourth-order valence-electron chi connectivity index (χ4n) is 1.55. The Labute approximate surface area is 90.4 Å². The minimum atomic E-state index is -0.313. The summed E-state index contributed by atoms with van der Waals surface area (Å²) in [5.41, 5.74) is 0.932. The maximum atomic E-state index is 13.4. The van der Waals surface area contributed by atoms with Crippen molar-refractivity contribution in [3.8, 4) is 5.75 Å². The average Bonchev–Trinajstić information content (AvgIpc) is 2.16. The van der Waals surface area contributed by atoms with E-state index in [-0.39, 0.29) is 17.6 Å². The zero-order chi connectivity index (χ0) is 11.4. The van der Waals surface area contributed by atoms with Crippen molar-refractivity contribution in [3.63, 3.8) is 0 Å². The van der Waals surface area contributed by atoms with Crippen molar-refractivity contribution in [1.29, 1.82) is 0 Å². The molecule has 0 radical (unpaired) electrons. The lowest BCUT2D eigenvalue weighted by molar-refractivity contribution is 0.385. The molecular weight excluding hydrogens is 193 g/mol. The molecule has 0 heterocycles. The first-order chi connectivity index (χ1) is 7.04. The maximum Gasteiger partial charge on any atom is 0.165 e. The van der Waals surface area contributed by atoms with Gasteiger partial charge in [0.15, 0.2) is 11.6 Å². The quantitative estimate of drug-likeness (QED) is 0.826. The number of benzene rings is 1. The summed E-state index contributed by atoms with van der Waals surface area (Å²) in [5, 5.41) is 3.32. The molecule has 0 amide bonds. The lowest BCUT2D eigenvalue weighted by atomic mass is 10.1. The van der Waals surface area contributed by atoms with Crippen LogP contribution in [-0.4, -0.2) is 13.2 Å². The highest BCUT2D eigenvalue weighted by Crippen LogP contribution is 2.21. The molecule has 1 aromatic carbocycles. The molecule has 1 unspecified atom stereocenters. The van der Waals surface area contributed by atoms with Gasteiger partial charge in [0.1, 0.15) is 0 Å². The number of hydrogen-bond donors (Lipinski definition) is 1. The molecule has 84 valence electrons. The smallest absolute Gasteiger partial charge is 0.165 e. The molecule has 1 atom stereocenters. The Morgan fingerprint density at radius 1 is 1.27 bits per heavy atom. The number of hydrogen-bond acceptors (Lipinski definition) is 2. The molecule has 0 aliphatic carbocycles. The first-order valence-electron chi connectivity index (χ1n) is 5.14. The lowest BCUT2D eigenvalue weighted by Crippen LogP contribution is -2.26. The van der Waals surface area contributed by atoms with E-state index in [9.17, 15) is 4.39 Å². The summed E-state index contributed by atoms with van der Waals surface area (Å²) in [4.78, 5) is 0. The van der Waals surface area contributed by atoms with Gasteiger partial charge in [-0.3, -0.25) is 0 Å². The van der Waals surface area contributed by atoms with Crippen molar-refractivity contribution in [3.05, 3.63) is 29.6 Å². The molecule has 1 aromatic rings. The normalized spacial score (nSPS) is 12.9. The highest BCUT2D eigenvalue weighted by molar-refractivity contribution is 5.30. The summed E-state index contributed by atoms with van der Waals surface area (Å²) in [5.74, 6) is -0.0251. The highest BCUT2D eigenvalue weighted by Gasteiger charge is 2.09. The van der Waals surface area contributed by atoms with Gasteiger partial charge in [0.2, 0.25) is 0 Å². The molecule has 0 aromatic heterocycles. The summed E-state index contributed by atoms with van der Waals surface area (Å²) in [6, 6.07) is 5.57. The van der Waals surface area contributed by atoms with Crippen LogP contribution in [0.3, 0.4) is 0 Å². The third-order valence-electron chi connectivity index (χ3n) is 2.26. The number of rotatable bonds is 4. The van der Waals surface area contributed by atoms with Crippen molar-refractivity contribution < 1.29 is 9.13 Å². The van der Waals surface area contributed by atoms with E-state index < -0.39 is 0 Å². The van der Waals surface area contributed by atoms with Crippen LogP contribution in [0.5, 0.6) is 5.75 Å².